The summed E-state index contributed by atoms with van der Waals surface area (Å²) in [4.78, 5) is 0. The molecule has 156 valence electrons. The van der Waals surface area contributed by atoms with Gasteiger partial charge >= 0.3 is 0 Å². The number of ether oxygens (including phenoxy) is 1. The maximum atomic E-state index is 10.7. The van der Waals surface area contributed by atoms with Crippen LogP contribution in [-0.4, -0.2) is 30.1 Å². The van der Waals surface area contributed by atoms with E-state index in [0.717, 1.165) is 6.42 Å². The van der Waals surface area contributed by atoms with Crippen LogP contribution in [0.5, 0.6) is 5.75 Å². The van der Waals surface area contributed by atoms with E-state index in [9.17, 15) is 13.5 Å². The number of aliphatic hydroxyl groups excluding tert-OH is 1. The molecule has 2 N–H and O–H groups in total. The fourth-order valence-electron chi connectivity index (χ4n) is 3.02. The van der Waals surface area contributed by atoms with Crippen LogP contribution < -0.4 is 4.74 Å². The Labute approximate surface area is 164 Å². The van der Waals surface area contributed by atoms with Gasteiger partial charge in [0, 0.05) is 6.42 Å². The lowest BCUT2D eigenvalue weighted by atomic mass is 10.0. The first-order chi connectivity index (χ1) is 12.9. The molecule has 0 bridgehead atoms. The smallest absolute Gasteiger partial charge is 0.265 e. The Kier molecular flexibility index (Phi) is 12.4. The highest BCUT2D eigenvalue weighted by molar-refractivity contribution is 7.85. The minimum Gasteiger partial charge on any atom is -0.465 e. The number of unbranched alkanes of at least 4 members (excludes halogenated alkanes) is 9. The van der Waals surface area contributed by atoms with Gasteiger partial charge in [-0.2, -0.15) is 8.42 Å². The highest BCUT2D eigenvalue weighted by atomic mass is 32.2. The van der Waals surface area contributed by atoms with Gasteiger partial charge in [-0.05, 0) is 30.5 Å². The minimum atomic E-state index is -4.08. The molecule has 6 heteroatoms. The third kappa shape index (κ3) is 13.7. The molecule has 1 rings (SSSR count). The fraction of sp³-hybridized carbons (Fsp3) is 0.714. The first-order valence-corrected chi connectivity index (χ1v) is 11.9. The first-order valence-electron chi connectivity index (χ1n) is 10.3. The van der Waals surface area contributed by atoms with E-state index < -0.39 is 22.2 Å². The van der Waals surface area contributed by atoms with E-state index >= 15 is 0 Å². The molecule has 0 fully saturated rings. The molecule has 0 amide bonds. The largest absolute Gasteiger partial charge is 0.465 e. The number of rotatable bonds is 16. The minimum absolute atomic E-state index is 0.167. The van der Waals surface area contributed by atoms with E-state index in [1.54, 1.807) is 12.1 Å². The molecule has 1 unspecified atom stereocenters. The summed E-state index contributed by atoms with van der Waals surface area (Å²) in [6.07, 6.45) is 12.8. The van der Waals surface area contributed by atoms with Crippen molar-refractivity contribution in [2.24, 2.45) is 0 Å². The Bertz CT molecular complexity index is 583. The molecule has 27 heavy (non-hydrogen) atoms. The Hall–Kier alpha value is -1.11. The molecule has 0 spiro atoms. The maximum Gasteiger partial charge on any atom is 0.265 e. The topological polar surface area (TPSA) is 83.8 Å². The van der Waals surface area contributed by atoms with Gasteiger partial charge in [-0.15, -0.1) is 0 Å². The molecule has 1 aromatic carbocycles. The van der Waals surface area contributed by atoms with Crippen molar-refractivity contribution in [3.8, 4) is 5.75 Å². The maximum absolute atomic E-state index is 10.7. The summed E-state index contributed by atoms with van der Waals surface area (Å²) in [5.41, 5.74) is 1.23. The fourth-order valence-corrected chi connectivity index (χ4v) is 3.52. The number of hydrogen-bond acceptors (Lipinski definition) is 4. The van der Waals surface area contributed by atoms with Crippen molar-refractivity contribution in [3.05, 3.63) is 29.8 Å². The van der Waals surface area contributed by atoms with Crippen LogP contribution in [-0.2, 0) is 16.5 Å². The summed E-state index contributed by atoms with van der Waals surface area (Å²) < 4.78 is 35.2. The van der Waals surface area contributed by atoms with Gasteiger partial charge in [0.05, 0.1) is 5.75 Å². The van der Waals surface area contributed by atoms with Gasteiger partial charge in [0.15, 0.2) is 6.29 Å². The third-order valence-electron chi connectivity index (χ3n) is 4.64. The molecule has 1 atom stereocenters. The number of benzene rings is 1. The van der Waals surface area contributed by atoms with E-state index in [1.807, 2.05) is 12.1 Å². The van der Waals surface area contributed by atoms with Gasteiger partial charge in [0.1, 0.15) is 5.75 Å². The highest BCUT2D eigenvalue weighted by Gasteiger charge is 2.12. The molecule has 0 saturated heterocycles. The van der Waals surface area contributed by atoms with Crippen LogP contribution in [0.3, 0.4) is 0 Å². The average molecular weight is 401 g/mol. The Morgan fingerprint density at radius 1 is 0.889 bits per heavy atom. The number of aliphatic hydroxyl groups is 1. The Balaban J connectivity index is 2.11. The molecular weight excluding hydrogens is 364 g/mol. The van der Waals surface area contributed by atoms with E-state index in [0.29, 0.717) is 5.75 Å². The van der Waals surface area contributed by atoms with Gasteiger partial charge in [-0.3, -0.25) is 4.55 Å². The van der Waals surface area contributed by atoms with Gasteiger partial charge in [0.2, 0.25) is 0 Å². The molecule has 0 heterocycles. The molecule has 0 aliphatic rings. The lowest BCUT2D eigenvalue weighted by Gasteiger charge is -2.13. The molecule has 0 radical (unpaired) electrons. The lowest BCUT2D eigenvalue weighted by Crippen LogP contribution is -2.20. The van der Waals surface area contributed by atoms with E-state index in [4.69, 9.17) is 9.29 Å². The number of hydrogen-bond donors (Lipinski definition) is 2. The van der Waals surface area contributed by atoms with Crippen molar-refractivity contribution in [3.63, 3.8) is 0 Å². The monoisotopic (exact) mass is 400 g/mol. The quantitative estimate of drug-likeness (QED) is 0.228. The van der Waals surface area contributed by atoms with Crippen LogP contribution in [0.25, 0.3) is 0 Å². The van der Waals surface area contributed by atoms with E-state index in [1.165, 1.54) is 69.8 Å². The molecular formula is C21H36O5S. The Morgan fingerprint density at radius 3 is 1.93 bits per heavy atom. The van der Waals surface area contributed by atoms with Crippen molar-refractivity contribution < 1.29 is 22.8 Å². The summed E-state index contributed by atoms with van der Waals surface area (Å²) in [6.45, 7) is 2.25. The van der Waals surface area contributed by atoms with Crippen LogP contribution in [0.15, 0.2) is 24.3 Å². The summed E-state index contributed by atoms with van der Waals surface area (Å²) in [7, 11) is -4.08. The van der Waals surface area contributed by atoms with Gasteiger partial charge in [-0.25, -0.2) is 0 Å². The standard InChI is InChI=1S/C21H36O5S/c1-2-3-4-5-6-7-8-9-10-11-12-19-13-15-20(16-14-19)26-21(22)17-18-27(23,24)25/h13-16,21-22H,2-12,17-18H2,1H3,(H,23,24,25). The van der Waals surface area contributed by atoms with Gasteiger partial charge < -0.3 is 9.84 Å². The summed E-state index contributed by atoms with van der Waals surface area (Å²) in [6, 6.07) is 7.50. The average Bonchev–Trinajstić information content (AvgIpc) is 2.62. The zero-order valence-corrected chi connectivity index (χ0v) is 17.4. The third-order valence-corrected chi connectivity index (χ3v) is 5.39. The summed E-state index contributed by atoms with van der Waals surface area (Å²) in [5, 5.41) is 9.64. The normalized spacial score (nSPS) is 12.9. The first kappa shape index (κ1) is 23.9. The zero-order valence-electron chi connectivity index (χ0n) is 16.6. The zero-order chi connectivity index (χ0) is 20.0. The lowest BCUT2D eigenvalue weighted by molar-refractivity contribution is -0.0187. The summed E-state index contributed by atoms with van der Waals surface area (Å²) >= 11 is 0. The van der Waals surface area contributed by atoms with Crippen molar-refractivity contribution in [2.75, 3.05) is 5.75 Å². The van der Waals surface area contributed by atoms with Crippen LogP contribution in [0.1, 0.15) is 83.1 Å². The highest BCUT2D eigenvalue weighted by Crippen LogP contribution is 2.17. The molecule has 0 saturated carbocycles. The predicted octanol–water partition coefficient (Wildman–Crippen LogP) is 5.13. The van der Waals surface area contributed by atoms with Crippen molar-refractivity contribution in [1.29, 1.82) is 0 Å². The predicted molar refractivity (Wildman–Crippen MR) is 110 cm³/mol. The second kappa shape index (κ2) is 14.0. The summed E-state index contributed by atoms with van der Waals surface area (Å²) in [5.74, 6) is -0.0324. The molecule has 5 nitrogen and oxygen atoms in total. The second-order valence-corrected chi connectivity index (χ2v) is 8.80. The van der Waals surface area contributed by atoms with Crippen LogP contribution in [0.4, 0.5) is 0 Å². The van der Waals surface area contributed by atoms with Crippen molar-refractivity contribution >= 4 is 10.1 Å². The van der Waals surface area contributed by atoms with Crippen LogP contribution >= 0.6 is 0 Å². The van der Waals surface area contributed by atoms with E-state index in [2.05, 4.69) is 6.92 Å². The molecule has 1 aromatic rings. The van der Waals surface area contributed by atoms with E-state index in [-0.39, 0.29) is 6.42 Å². The van der Waals surface area contributed by atoms with Crippen LogP contribution in [0, 0.1) is 0 Å². The molecule has 0 aliphatic heterocycles. The SMILES string of the molecule is CCCCCCCCCCCCc1ccc(OC(O)CCS(=O)(=O)O)cc1. The van der Waals surface area contributed by atoms with Crippen LogP contribution in [0.2, 0.25) is 0 Å². The van der Waals surface area contributed by atoms with Crippen molar-refractivity contribution in [1.82, 2.24) is 0 Å². The Morgan fingerprint density at radius 2 is 1.41 bits per heavy atom. The molecule has 0 aromatic heterocycles. The van der Waals surface area contributed by atoms with Gasteiger partial charge in [-0.1, -0.05) is 76.8 Å². The second-order valence-electron chi connectivity index (χ2n) is 7.22. The van der Waals surface area contributed by atoms with Gasteiger partial charge in [0.25, 0.3) is 10.1 Å². The number of aryl methyl sites for hydroxylation is 1. The molecule has 0 aliphatic carbocycles. The van der Waals surface area contributed by atoms with Crippen molar-refractivity contribution in [2.45, 2.75) is 90.3 Å².